The van der Waals surface area contributed by atoms with Crippen LogP contribution < -0.4 is 10.2 Å². The zero-order valence-corrected chi connectivity index (χ0v) is 17.5. The number of anilines is 3. The molecule has 0 bridgehead atoms. The van der Waals surface area contributed by atoms with Crippen LogP contribution in [0.15, 0.2) is 73.3 Å². The second-order valence-corrected chi connectivity index (χ2v) is 7.48. The Labute approximate surface area is 180 Å². The highest BCUT2D eigenvalue weighted by Gasteiger charge is 2.10. The molecule has 7 heteroatoms. The minimum Gasteiger partial charge on any atom is -0.360 e. The number of fused-ring (bicyclic) bond motifs is 2. The summed E-state index contributed by atoms with van der Waals surface area (Å²) in [5.74, 6) is 1.65. The van der Waals surface area contributed by atoms with E-state index in [0.717, 1.165) is 52.2 Å². The van der Waals surface area contributed by atoms with Gasteiger partial charge in [-0.3, -0.25) is 4.68 Å². The molecule has 0 aliphatic carbocycles. The van der Waals surface area contributed by atoms with E-state index in [0.29, 0.717) is 0 Å². The molecular formula is C24H23N7. The van der Waals surface area contributed by atoms with Gasteiger partial charge in [0, 0.05) is 30.1 Å². The molecule has 0 unspecified atom stereocenters. The number of benzene rings is 2. The van der Waals surface area contributed by atoms with Crippen molar-refractivity contribution in [2.24, 2.45) is 0 Å². The Morgan fingerprint density at radius 2 is 1.84 bits per heavy atom. The maximum absolute atomic E-state index is 4.58. The lowest BCUT2D eigenvalue weighted by atomic mass is 10.2. The molecule has 0 fully saturated rings. The Morgan fingerprint density at radius 1 is 0.968 bits per heavy atom. The summed E-state index contributed by atoms with van der Waals surface area (Å²) < 4.78 is 2.02. The maximum atomic E-state index is 4.58. The third-order valence-corrected chi connectivity index (χ3v) is 5.45. The normalized spacial score (nSPS) is 11.2. The van der Waals surface area contributed by atoms with Gasteiger partial charge in [0.2, 0.25) is 0 Å². The summed E-state index contributed by atoms with van der Waals surface area (Å²) in [6.45, 7) is 3.71. The SMILES string of the molecule is CCN(C)c1cc2c(Nc3ccc4c(cnn4Cc4ccccc4)c3)ncnc2cn1. The monoisotopic (exact) mass is 409 g/mol. The molecule has 5 aromatic rings. The van der Waals surface area contributed by atoms with Gasteiger partial charge in [-0.05, 0) is 36.8 Å². The van der Waals surface area contributed by atoms with Crippen LogP contribution in [0, 0.1) is 0 Å². The van der Waals surface area contributed by atoms with Crippen molar-refractivity contribution < 1.29 is 0 Å². The number of rotatable bonds is 6. The van der Waals surface area contributed by atoms with Crippen molar-refractivity contribution in [3.8, 4) is 0 Å². The van der Waals surface area contributed by atoms with Gasteiger partial charge < -0.3 is 10.2 Å². The van der Waals surface area contributed by atoms with Crippen molar-refractivity contribution in [3.63, 3.8) is 0 Å². The van der Waals surface area contributed by atoms with Crippen molar-refractivity contribution in [2.45, 2.75) is 13.5 Å². The van der Waals surface area contributed by atoms with Crippen LogP contribution in [0.25, 0.3) is 21.8 Å². The number of nitrogens with zero attached hydrogens (tertiary/aromatic N) is 6. The lowest BCUT2D eigenvalue weighted by Crippen LogP contribution is -2.17. The molecule has 5 rings (SSSR count). The third kappa shape index (κ3) is 3.77. The highest BCUT2D eigenvalue weighted by molar-refractivity contribution is 5.93. The van der Waals surface area contributed by atoms with Crippen LogP contribution >= 0.6 is 0 Å². The van der Waals surface area contributed by atoms with Crippen LogP contribution in [-0.4, -0.2) is 38.3 Å². The molecule has 7 nitrogen and oxygen atoms in total. The van der Waals surface area contributed by atoms with E-state index in [-0.39, 0.29) is 0 Å². The fourth-order valence-corrected chi connectivity index (χ4v) is 3.60. The molecule has 3 aromatic heterocycles. The van der Waals surface area contributed by atoms with Gasteiger partial charge in [0.25, 0.3) is 0 Å². The summed E-state index contributed by atoms with van der Waals surface area (Å²) >= 11 is 0. The molecule has 0 amide bonds. The zero-order valence-electron chi connectivity index (χ0n) is 17.5. The average Bonchev–Trinajstić information content (AvgIpc) is 3.21. The van der Waals surface area contributed by atoms with E-state index < -0.39 is 0 Å². The van der Waals surface area contributed by atoms with E-state index in [2.05, 4.69) is 67.5 Å². The highest BCUT2D eigenvalue weighted by atomic mass is 15.3. The largest absolute Gasteiger partial charge is 0.360 e. The number of nitrogens with one attached hydrogen (secondary N) is 1. The standard InChI is InChI=1S/C24H23N7/c1-3-30(2)23-12-20-21(14-25-23)26-16-27-24(20)29-19-9-10-22-18(11-19)13-28-31(22)15-17-7-5-4-6-8-17/h4-14,16H,3,15H2,1-2H3,(H,26,27,29). The van der Waals surface area contributed by atoms with E-state index >= 15 is 0 Å². The van der Waals surface area contributed by atoms with Crippen LogP contribution in [0.1, 0.15) is 12.5 Å². The summed E-state index contributed by atoms with van der Waals surface area (Å²) in [5.41, 5.74) is 4.08. The lowest BCUT2D eigenvalue weighted by Gasteiger charge is -2.16. The van der Waals surface area contributed by atoms with E-state index in [9.17, 15) is 0 Å². The molecule has 0 spiro atoms. The average molecular weight is 409 g/mol. The molecule has 0 saturated carbocycles. The summed E-state index contributed by atoms with van der Waals surface area (Å²) in [5, 5.41) is 10.0. The summed E-state index contributed by atoms with van der Waals surface area (Å²) in [6, 6.07) is 18.6. The molecular weight excluding hydrogens is 386 g/mol. The predicted octanol–water partition coefficient (Wildman–Crippen LogP) is 4.62. The van der Waals surface area contributed by atoms with Gasteiger partial charge in [-0.1, -0.05) is 30.3 Å². The first-order valence-electron chi connectivity index (χ1n) is 10.3. The second-order valence-electron chi connectivity index (χ2n) is 7.48. The fourth-order valence-electron chi connectivity index (χ4n) is 3.60. The smallest absolute Gasteiger partial charge is 0.141 e. The van der Waals surface area contributed by atoms with Gasteiger partial charge in [0.1, 0.15) is 18.0 Å². The molecule has 0 aliphatic heterocycles. The first-order chi connectivity index (χ1) is 15.2. The second kappa shape index (κ2) is 8.02. The van der Waals surface area contributed by atoms with Crippen molar-refractivity contribution in [1.82, 2.24) is 24.7 Å². The Bertz CT molecular complexity index is 1340. The topological polar surface area (TPSA) is 71.8 Å². The van der Waals surface area contributed by atoms with Gasteiger partial charge in [-0.25, -0.2) is 15.0 Å². The number of hydrogen-bond donors (Lipinski definition) is 1. The van der Waals surface area contributed by atoms with E-state index in [1.807, 2.05) is 42.2 Å². The molecule has 0 aliphatic rings. The lowest BCUT2D eigenvalue weighted by molar-refractivity contribution is 0.712. The van der Waals surface area contributed by atoms with Crippen molar-refractivity contribution >= 4 is 39.1 Å². The van der Waals surface area contributed by atoms with Crippen LogP contribution in [0.3, 0.4) is 0 Å². The first kappa shape index (κ1) is 19.0. The van der Waals surface area contributed by atoms with Crippen molar-refractivity contribution in [2.75, 3.05) is 23.8 Å². The summed E-state index contributed by atoms with van der Waals surface area (Å²) in [7, 11) is 2.02. The molecule has 154 valence electrons. The van der Waals surface area contributed by atoms with E-state index in [1.165, 1.54) is 5.56 Å². The van der Waals surface area contributed by atoms with Crippen LogP contribution in [0.4, 0.5) is 17.3 Å². The Balaban J connectivity index is 1.46. The minimum atomic E-state index is 0.744. The molecule has 3 heterocycles. The Kier molecular flexibility index (Phi) is 4.92. The van der Waals surface area contributed by atoms with Gasteiger partial charge in [0.05, 0.1) is 30.0 Å². The van der Waals surface area contributed by atoms with Crippen LogP contribution in [0.5, 0.6) is 0 Å². The highest BCUT2D eigenvalue weighted by Crippen LogP contribution is 2.27. The molecule has 0 saturated heterocycles. The van der Waals surface area contributed by atoms with Crippen molar-refractivity contribution in [3.05, 3.63) is 78.9 Å². The summed E-state index contributed by atoms with van der Waals surface area (Å²) in [6.07, 6.45) is 5.26. The first-order valence-corrected chi connectivity index (χ1v) is 10.3. The molecule has 1 N–H and O–H groups in total. The quantitative estimate of drug-likeness (QED) is 0.441. The number of hydrogen-bond acceptors (Lipinski definition) is 6. The summed E-state index contributed by atoms with van der Waals surface area (Å²) in [4.78, 5) is 15.4. The van der Waals surface area contributed by atoms with Gasteiger partial charge in [-0.15, -0.1) is 0 Å². The van der Waals surface area contributed by atoms with Gasteiger partial charge >= 0.3 is 0 Å². The number of pyridine rings is 1. The third-order valence-electron chi connectivity index (χ3n) is 5.45. The Hall–Kier alpha value is -4.00. The Morgan fingerprint density at radius 3 is 2.68 bits per heavy atom. The number of aromatic nitrogens is 5. The van der Waals surface area contributed by atoms with Gasteiger partial charge in [-0.2, -0.15) is 5.10 Å². The zero-order chi connectivity index (χ0) is 21.2. The maximum Gasteiger partial charge on any atom is 0.141 e. The van der Waals surface area contributed by atoms with Crippen molar-refractivity contribution in [1.29, 1.82) is 0 Å². The van der Waals surface area contributed by atoms with E-state index in [1.54, 1.807) is 12.5 Å². The molecule has 0 radical (unpaired) electrons. The van der Waals surface area contributed by atoms with Crippen LogP contribution in [-0.2, 0) is 6.54 Å². The molecule has 2 aromatic carbocycles. The minimum absolute atomic E-state index is 0.744. The van der Waals surface area contributed by atoms with E-state index in [4.69, 9.17) is 0 Å². The van der Waals surface area contributed by atoms with Gasteiger partial charge in [0.15, 0.2) is 0 Å². The molecule has 31 heavy (non-hydrogen) atoms. The fraction of sp³-hybridized carbons (Fsp3) is 0.167. The van der Waals surface area contributed by atoms with Crippen LogP contribution in [0.2, 0.25) is 0 Å². The predicted molar refractivity (Wildman–Crippen MR) is 125 cm³/mol. The molecule has 0 atom stereocenters.